The van der Waals surface area contributed by atoms with Gasteiger partial charge in [-0.25, -0.2) is 4.90 Å². The molecule has 2 aromatic rings. The van der Waals surface area contributed by atoms with Crippen molar-refractivity contribution in [2.24, 2.45) is 11.8 Å². The number of likely N-dealkylation sites (N-methyl/N-ethyl adjacent to an activating group) is 1. The van der Waals surface area contributed by atoms with Gasteiger partial charge in [0, 0.05) is 28.3 Å². The van der Waals surface area contributed by atoms with Gasteiger partial charge in [-0.15, -0.1) is 0 Å². The standard InChI is InChI=1S/C24H22BrN3O3/c1-2-26-17-7-4-3-6-16(17)24(23(26)31)20-19(18-8-5-13-27(18)24)21(29)28(22(20)30)15-11-9-14(25)10-12-15/h3-4,6-7,9-12,18-20H,2,5,8,13H2,1H3/t18-,19-,20-,24-/m0/s1. The van der Waals surface area contributed by atoms with Crippen LogP contribution in [-0.2, 0) is 19.9 Å². The fourth-order valence-corrected chi connectivity index (χ4v) is 6.76. The monoisotopic (exact) mass is 479 g/mol. The molecule has 1 spiro atoms. The second-order valence-corrected chi connectivity index (χ2v) is 9.64. The Morgan fingerprint density at radius 2 is 1.77 bits per heavy atom. The minimum absolute atomic E-state index is 0.0607. The Balaban J connectivity index is 1.57. The van der Waals surface area contributed by atoms with E-state index in [4.69, 9.17) is 0 Å². The molecule has 0 N–H and O–H groups in total. The largest absolute Gasteiger partial charge is 0.310 e. The Morgan fingerprint density at radius 1 is 1.03 bits per heavy atom. The molecule has 3 saturated heterocycles. The second kappa shape index (κ2) is 6.50. The van der Waals surface area contributed by atoms with Crippen molar-refractivity contribution in [3.8, 4) is 0 Å². The lowest BCUT2D eigenvalue weighted by atomic mass is 9.75. The van der Waals surface area contributed by atoms with Crippen LogP contribution in [0.1, 0.15) is 25.3 Å². The molecule has 7 heteroatoms. The number of benzene rings is 2. The first-order chi connectivity index (χ1) is 15.0. The molecule has 3 fully saturated rings. The highest BCUT2D eigenvalue weighted by molar-refractivity contribution is 9.10. The topological polar surface area (TPSA) is 60.9 Å². The summed E-state index contributed by atoms with van der Waals surface area (Å²) < 4.78 is 0.882. The predicted molar refractivity (Wildman–Crippen MR) is 119 cm³/mol. The van der Waals surface area contributed by atoms with Crippen LogP contribution in [0.2, 0.25) is 0 Å². The second-order valence-electron chi connectivity index (χ2n) is 8.73. The van der Waals surface area contributed by atoms with Gasteiger partial charge in [-0.2, -0.15) is 0 Å². The Labute approximate surface area is 188 Å². The van der Waals surface area contributed by atoms with Crippen molar-refractivity contribution < 1.29 is 14.4 Å². The average Bonchev–Trinajstić information content (AvgIpc) is 3.47. The first kappa shape index (κ1) is 19.2. The molecule has 2 aromatic carbocycles. The number of imide groups is 1. The fourth-order valence-electron chi connectivity index (χ4n) is 6.50. The van der Waals surface area contributed by atoms with Gasteiger partial charge in [-0.3, -0.25) is 19.3 Å². The average molecular weight is 480 g/mol. The Hall–Kier alpha value is -2.51. The van der Waals surface area contributed by atoms with Gasteiger partial charge in [0.15, 0.2) is 0 Å². The van der Waals surface area contributed by atoms with Gasteiger partial charge in [-0.1, -0.05) is 34.1 Å². The summed E-state index contributed by atoms with van der Waals surface area (Å²) in [6, 6.07) is 14.9. The van der Waals surface area contributed by atoms with Crippen LogP contribution in [0.25, 0.3) is 0 Å². The summed E-state index contributed by atoms with van der Waals surface area (Å²) in [5, 5.41) is 0. The van der Waals surface area contributed by atoms with E-state index in [0.717, 1.165) is 35.1 Å². The van der Waals surface area contributed by atoms with Gasteiger partial charge in [-0.05, 0) is 56.6 Å². The summed E-state index contributed by atoms with van der Waals surface area (Å²) in [5.41, 5.74) is 1.22. The predicted octanol–water partition coefficient (Wildman–Crippen LogP) is 3.29. The minimum atomic E-state index is -1.09. The van der Waals surface area contributed by atoms with Gasteiger partial charge in [0.05, 0.1) is 17.5 Å². The van der Waals surface area contributed by atoms with Gasteiger partial charge in [0.2, 0.25) is 11.8 Å². The van der Waals surface area contributed by atoms with E-state index in [-0.39, 0.29) is 23.8 Å². The molecule has 0 radical (unpaired) electrons. The van der Waals surface area contributed by atoms with Crippen LogP contribution >= 0.6 is 15.9 Å². The molecule has 6 nitrogen and oxygen atoms in total. The first-order valence-corrected chi connectivity index (χ1v) is 11.6. The maximum Gasteiger partial charge on any atom is 0.253 e. The van der Waals surface area contributed by atoms with E-state index in [1.807, 2.05) is 43.3 Å². The van der Waals surface area contributed by atoms with E-state index in [0.29, 0.717) is 12.2 Å². The summed E-state index contributed by atoms with van der Waals surface area (Å²) in [6.45, 7) is 3.22. The molecule has 4 aliphatic rings. The molecule has 0 saturated carbocycles. The zero-order valence-corrected chi connectivity index (χ0v) is 18.7. The molecule has 158 valence electrons. The van der Waals surface area contributed by atoms with Gasteiger partial charge in [0.1, 0.15) is 5.54 Å². The third-order valence-corrected chi connectivity index (χ3v) is 8.07. The lowest BCUT2D eigenvalue weighted by Gasteiger charge is -2.37. The van der Waals surface area contributed by atoms with Crippen molar-refractivity contribution in [1.82, 2.24) is 4.90 Å². The fraction of sp³-hybridized carbons (Fsp3) is 0.375. The number of nitrogens with zero attached hydrogens (tertiary/aromatic N) is 3. The zero-order valence-electron chi connectivity index (χ0n) is 17.1. The van der Waals surface area contributed by atoms with Crippen LogP contribution in [0.5, 0.6) is 0 Å². The molecule has 0 aliphatic carbocycles. The number of para-hydroxylation sites is 1. The van der Waals surface area contributed by atoms with Crippen LogP contribution in [0.3, 0.4) is 0 Å². The molecule has 0 aromatic heterocycles. The minimum Gasteiger partial charge on any atom is -0.310 e. The summed E-state index contributed by atoms with van der Waals surface area (Å²) in [6.07, 6.45) is 1.76. The molecule has 6 rings (SSSR count). The Kier molecular flexibility index (Phi) is 4.02. The molecular formula is C24H22BrN3O3. The lowest BCUT2D eigenvalue weighted by molar-refractivity contribution is -0.137. The number of carbonyl (C=O) groups is 3. The van der Waals surface area contributed by atoms with Crippen molar-refractivity contribution in [3.63, 3.8) is 0 Å². The molecule has 3 amide bonds. The molecular weight excluding hydrogens is 458 g/mol. The van der Waals surface area contributed by atoms with E-state index in [1.165, 1.54) is 4.90 Å². The SMILES string of the molecule is CCN1C(=O)[C@]2(c3ccccc31)[C@@H]1C(=O)N(c3ccc(Br)cc3)C(=O)[C@H]1[C@@H]1CCCN12. The van der Waals surface area contributed by atoms with Crippen LogP contribution in [0, 0.1) is 11.8 Å². The van der Waals surface area contributed by atoms with E-state index in [2.05, 4.69) is 20.8 Å². The van der Waals surface area contributed by atoms with Gasteiger partial charge >= 0.3 is 0 Å². The van der Waals surface area contributed by atoms with Crippen molar-refractivity contribution in [3.05, 3.63) is 58.6 Å². The van der Waals surface area contributed by atoms with E-state index >= 15 is 0 Å². The van der Waals surface area contributed by atoms with Crippen LogP contribution in [0.4, 0.5) is 11.4 Å². The van der Waals surface area contributed by atoms with Gasteiger partial charge < -0.3 is 4.90 Å². The zero-order chi connectivity index (χ0) is 21.5. The van der Waals surface area contributed by atoms with Crippen LogP contribution < -0.4 is 9.80 Å². The van der Waals surface area contributed by atoms with Crippen molar-refractivity contribution in [1.29, 1.82) is 0 Å². The van der Waals surface area contributed by atoms with Crippen molar-refractivity contribution >= 4 is 45.0 Å². The smallest absolute Gasteiger partial charge is 0.253 e. The molecule has 4 atom stereocenters. The number of halogens is 1. The van der Waals surface area contributed by atoms with Crippen molar-refractivity contribution in [2.75, 3.05) is 22.9 Å². The molecule has 4 heterocycles. The third-order valence-electron chi connectivity index (χ3n) is 7.55. The normalized spacial score (nSPS) is 31.7. The quantitative estimate of drug-likeness (QED) is 0.620. The summed E-state index contributed by atoms with van der Waals surface area (Å²) in [5.74, 6) is -1.68. The number of hydrogen-bond acceptors (Lipinski definition) is 4. The summed E-state index contributed by atoms with van der Waals surface area (Å²) in [7, 11) is 0. The number of rotatable bonds is 2. The lowest BCUT2D eigenvalue weighted by Crippen LogP contribution is -2.56. The molecule has 4 aliphatic heterocycles. The number of carbonyl (C=O) groups excluding carboxylic acids is 3. The number of anilines is 2. The summed E-state index contributed by atoms with van der Waals surface area (Å²) in [4.78, 5) is 46.9. The molecule has 31 heavy (non-hydrogen) atoms. The highest BCUT2D eigenvalue weighted by Gasteiger charge is 2.75. The van der Waals surface area contributed by atoms with Crippen LogP contribution in [-0.4, -0.2) is 41.8 Å². The maximum atomic E-state index is 14.0. The number of amides is 3. The van der Waals surface area contributed by atoms with Gasteiger partial charge in [0.25, 0.3) is 5.91 Å². The highest BCUT2D eigenvalue weighted by atomic mass is 79.9. The van der Waals surface area contributed by atoms with E-state index in [1.54, 1.807) is 17.0 Å². The van der Waals surface area contributed by atoms with E-state index in [9.17, 15) is 14.4 Å². The van der Waals surface area contributed by atoms with Crippen LogP contribution in [0.15, 0.2) is 53.0 Å². The number of fused-ring (bicyclic) bond motifs is 7. The summed E-state index contributed by atoms with van der Waals surface area (Å²) >= 11 is 3.41. The molecule has 0 bridgehead atoms. The maximum absolute atomic E-state index is 14.0. The highest BCUT2D eigenvalue weighted by Crippen LogP contribution is 2.61. The first-order valence-electron chi connectivity index (χ1n) is 10.8. The molecule has 0 unspecified atom stereocenters. The Morgan fingerprint density at radius 3 is 2.52 bits per heavy atom. The van der Waals surface area contributed by atoms with Crippen molar-refractivity contribution in [2.45, 2.75) is 31.3 Å². The Bertz CT molecular complexity index is 1130. The van der Waals surface area contributed by atoms with E-state index < -0.39 is 17.4 Å². The number of hydrogen-bond donors (Lipinski definition) is 0. The third kappa shape index (κ3) is 2.18.